The van der Waals surface area contributed by atoms with E-state index < -0.39 is 12.6 Å². The van der Waals surface area contributed by atoms with Gasteiger partial charge in [0.1, 0.15) is 0 Å². The van der Waals surface area contributed by atoms with Crippen LogP contribution in [-0.2, 0) is 9.53 Å². The van der Waals surface area contributed by atoms with Gasteiger partial charge in [-0.25, -0.2) is 0 Å². The van der Waals surface area contributed by atoms with Crippen LogP contribution in [0.2, 0.25) is 0 Å². The molecule has 0 aliphatic heterocycles. The summed E-state index contributed by atoms with van der Waals surface area (Å²) in [6.07, 6.45) is -4.66. The molecule has 0 unspecified atom stereocenters. The van der Waals surface area contributed by atoms with Crippen LogP contribution in [-0.4, -0.2) is 31.8 Å². The summed E-state index contributed by atoms with van der Waals surface area (Å²) in [7, 11) is 0. The monoisotopic (exact) mass is 227 g/mol. The SMILES string of the molecule is CCOC(=O)CCNCCCC(F)(F)F. The van der Waals surface area contributed by atoms with Gasteiger partial charge in [0.15, 0.2) is 0 Å². The fraction of sp³-hybridized carbons (Fsp3) is 0.889. The first-order chi connectivity index (χ1) is 6.95. The number of halogens is 3. The van der Waals surface area contributed by atoms with Crippen LogP contribution in [0.3, 0.4) is 0 Å². The molecule has 0 heterocycles. The first-order valence-electron chi connectivity index (χ1n) is 4.89. The number of ether oxygens (including phenoxy) is 1. The molecule has 15 heavy (non-hydrogen) atoms. The summed E-state index contributed by atoms with van der Waals surface area (Å²) in [5.41, 5.74) is 0. The van der Waals surface area contributed by atoms with Crippen molar-refractivity contribution in [3.63, 3.8) is 0 Å². The average molecular weight is 227 g/mol. The van der Waals surface area contributed by atoms with E-state index in [2.05, 4.69) is 10.1 Å². The van der Waals surface area contributed by atoms with Gasteiger partial charge in [-0.05, 0) is 19.9 Å². The minimum absolute atomic E-state index is 0.0341. The Labute approximate surface area is 87.0 Å². The first kappa shape index (κ1) is 14.2. The van der Waals surface area contributed by atoms with Crippen molar-refractivity contribution in [2.24, 2.45) is 0 Å². The molecule has 0 bridgehead atoms. The topological polar surface area (TPSA) is 38.3 Å². The highest BCUT2D eigenvalue weighted by atomic mass is 19.4. The van der Waals surface area contributed by atoms with Crippen molar-refractivity contribution in [3.05, 3.63) is 0 Å². The minimum Gasteiger partial charge on any atom is -0.466 e. The van der Waals surface area contributed by atoms with E-state index >= 15 is 0 Å². The second-order valence-electron chi connectivity index (χ2n) is 3.02. The molecule has 6 heteroatoms. The lowest BCUT2D eigenvalue weighted by atomic mass is 10.3. The number of nitrogens with one attached hydrogen (secondary N) is 1. The maximum absolute atomic E-state index is 11.7. The molecule has 1 N–H and O–H groups in total. The first-order valence-corrected chi connectivity index (χ1v) is 4.89. The van der Waals surface area contributed by atoms with Crippen molar-refractivity contribution in [2.45, 2.75) is 32.4 Å². The lowest BCUT2D eigenvalue weighted by Crippen LogP contribution is -2.21. The number of hydrogen-bond acceptors (Lipinski definition) is 3. The largest absolute Gasteiger partial charge is 0.466 e. The molecule has 0 rings (SSSR count). The molecule has 0 aliphatic carbocycles. The number of hydrogen-bond donors (Lipinski definition) is 1. The van der Waals surface area contributed by atoms with Gasteiger partial charge in [-0.2, -0.15) is 13.2 Å². The van der Waals surface area contributed by atoms with E-state index in [4.69, 9.17) is 0 Å². The summed E-state index contributed by atoms with van der Waals surface area (Å²) in [4.78, 5) is 10.8. The van der Waals surface area contributed by atoms with Gasteiger partial charge in [0.2, 0.25) is 0 Å². The maximum atomic E-state index is 11.7. The smallest absolute Gasteiger partial charge is 0.389 e. The lowest BCUT2D eigenvalue weighted by Gasteiger charge is -2.06. The zero-order valence-corrected chi connectivity index (χ0v) is 8.69. The van der Waals surface area contributed by atoms with Crippen LogP contribution in [0.5, 0.6) is 0 Å². The van der Waals surface area contributed by atoms with Crippen LogP contribution in [0.1, 0.15) is 26.2 Å². The fourth-order valence-corrected chi connectivity index (χ4v) is 0.962. The Kier molecular flexibility index (Phi) is 7.11. The van der Waals surface area contributed by atoms with Crippen molar-refractivity contribution in [1.82, 2.24) is 5.32 Å². The summed E-state index contributed by atoms with van der Waals surface area (Å²) < 4.78 is 39.7. The molecule has 0 aromatic heterocycles. The molecule has 0 aliphatic rings. The third-order valence-corrected chi connectivity index (χ3v) is 1.63. The van der Waals surface area contributed by atoms with Gasteiger partial charge in [-0.15, -0.1) is 0 Å². The van der Waals surface area contributed by atoms with Gasteiger partial charge in [0.05, 0.1) is 13.0 Å². The number of carbonyl (C=O) groups is 1. The van der Waals surface area contributed by atoms with Crippen LogP contribution < -0.4 is 5.32 Å². The summed E-state index contributed by atoms with van der Waals surface area (Å²) in [5.74, 6) is -0.333. The van der Waals surface area contributed by atoms with Crippen molar-refractivity contribution in [3.8, 4) is 0 Å². The minimum atomic E-state index is -4.09. The molecule has 0 saturated heterocycles. The van der Waals surface area contributed by atoms with E-state index in [0.29, 0.717) is 13.2 Å². The van der Waals surface area contributed by atoms with E-state index in [9.17, 15) is 18.0 Å². The number of carbonyl (C=O) groups excluding carboxylic acids is 1. The predicted molar refractivity (Wildman–Crippen MR) is 49.4 cm³/mol. The number of alkyl halides is 3. The van der Waals surface area contributed by atoms with Crippen molar-refractivity contribution in [1.29, 1.82) is 0 Å². The highest BCUT2D eigenvalue weighted by Gasteiger charge is 2.25. The molecule has 0 saturated carbocycles. The standard InChI is InChI=1S/C9H16F3NO2/c1-2-15-8(14)4-7-13-6-3-5-9(10,11)12/h13H,2-7H2,1H3. The molecule has 90 valence electrons. The van der Waals surface area contributed by atoms with Gasteiger partial charge in [-0.3, -0.25) is 4.79 Å². The highest BCUT2D eigenvalue weighted by molar-refractivity contribution is 5.69. The molecule has 0 fully saturated rings. The second-order valence-corrected chi connectivity index (χ2v) is 3.02. The van der Waals surface area contributed by atoms with Crippen LogP contribution in [0.4, 0.5) is 13.2 Å². The van der Waals surface area contributed by atoms with Crippen LogP contribution >= 0.6 is 0 Å². The normalized spacial score (nSPS) is 11.5. The van der Waals surface area contributed by atoms with E-state index in [1.54, 1.807) is 6.92 Å². The van der Waals surface area contributed by atoms with Crippen molar-refractivity contribution >= 4 is 5.97 Å². The molecule has 0 aromatic carbocycles. The zero-order chi connectivity index (χ0) is 11.7. The van der Waals surface area contributed by atoms with Crippen molar-refractivity contribution in [2.75, 3.05) is 19.7 Å². The molecule has 0 amide bonds. The molecular weight excluding hydrogens is 211 g/mol. The van der Waals surface area contributed by atoms with Gasteiger partial charge in [0, 0.05) is 13.0 Å². The van der Waals surface area contributed by atoms with E-state index in [-0.39, 0.29) is 25.4 Å². The summed E-state index contributed by atoms with van der Waals surface area (Å²) in [5, 5.41) is 2.75. The Morgan fingerprint density at radius 1 is 1.33 bits per heavy atom. The molecular formula is C9H16F3NO2. The van der Waals surface area contributed by atoms with E-state index in [0.717, 1.165) is 0 Å². The number of rotatable bonds is 7. The summed E-state index contributed by atoms with van der Waals surface area (Å²) in [6, 6.07) is 0. The van der Waals surface area contributed by atoms with Crippen LogP contribution in [0.25, 0.3) is 0 Å². The van der Waals surface area contributed by atoms with Crippen LogP contribution in [0, 0.1) is 0 Å². The molecule has 0 radical (unpaired) electrons. The summed E-state index contributed by atoms with van der Waals surface area (Å²) in [6.45, 7) is 2.65. The Balaban J connectivity index is 3.22. The predicted octanol–water partition coefficient (Wildman–Crippen LogP) is 1.87. The Morgan fingerprint density at radius 2 is 2.00 bits per heavy atom. The van der Waals surface area contributed by atoms with Crippen molar-refractivity contribution < 1.29 is 22.7 Å². The highest BCUT2D eigenvalue weighted by Crippen LogP contribution is 2.20. The van der Waals surface area contributed by atoms with E-state index in [1.165, 1.54) is 0 Å². The maximum Gasteiger partial charge on any atom is 0.389 e. The quantitative estimate of drug-likeness (QED) is 0.533. The van der Waals surface area contributed by atoms with Gasteiger partial charge in [0.25, 0.3) is 0 Å². The molecule has 0 spiro atoms. The van der Waals surface area contributed by atoms with Gasteiger partial charge < -0.3 is 10.1 Å². The Hall–Kier alpha value is -0.780. The number of esters is 1. The second kappa shape index (κ2) is 7.50. The summed E-state index contributed by atoms with van der Waals surface area (Å²) >= 11 is 0. The third-order valence-electron chi connectivity index (χ3n) is 1.63. The molecule has 3 nitrogen and oxygen atoms in total. The fourth-order valence-electron chi connectivity index (χ4n) is 0.962. The van der Waals surface area contributed by atoms with E-state index in [1.807, 2.05) is 0 Å². The molecule has 0 aromatic rings. The molecule has 0 atom stereocenters. The van der Waals surface area contributed by atoms with Gasteiger partial charge >= 0.3 is 12.1 Å². The Morgan fingerprint density at radius 3 is 2.53 bits per heavy atom. The zero-order valence-electron chi connectivity index (χ0n) is 8.69. The van der Waals surface area contributed by atoms with Gasteiger partial charge in [-0.1, -0.05) is 0 Å². The average Bonchev–Trinajstić information content (AvgIpc) is 2.09. The third kappa shape index (κ3) is 11.1. The lowest BCUT2D eigenvalue weighted by molar-refractivity contribution is -0.143. The van der Waals surface area contributed by atoms with Crippen LogP contribution in [0.15, 0.2) is 0 Å². The Bertz CT molecular complexity index is 183.